The lowest BCUT2D eigenvalue weighted by molar-refractivity contribution is -0.118. The fourth-order valence-corrected chi connectivity index (χ4v) is 2.99. The van der Waals surface area contributed by atoms with Gasteiger partial charge in [-0.2, -0.15) is 4.31 Å². The number of hydrogen-bond donors (Lipinski definition) is 0. The Labute approximate surface area is 147 Å². The number of halogens is 1. The molecule has 0 fully saturated rings. The van der Waals surface area contributed by atoms with Crippen molar-refractivity contribution < 1.29 is 13.2 Å². The van der Waals surface area contributed by atoms with Gasteiger partial charge < -0.3 is 4.90 Å². The van der Waals surface area contributed by atoms with Gasteiger partial charge in [0.25, 0.3) is 0 Å². The van der Waals surface area contributed by atoms with Crippen LogP contribution in [-0.2, 0) is 21.4 Å². The Morgan fingerprint density at radius 3 is 2.17 bits per heavy atom. The molecular weight excluding hydrogens is 348 g/mol. The van der Waals surface area contributed by atoms with E-state index >= 15 is 0 Å². The largest absolute Gasteiger partial charge is 0.314 e. The van der Waals surface area contributed by atoms with Gasteiger partial charge in [0.2, 0.25) is 15.9 Å². The summed E-state index contributed by atoms with van der Waals surface area (Å²) < 4.78 is 25.2. The van der Waals surface area contributed by atoms with Crippen LogP contribution in [-0.4, -0.2) is 38.5 Å². The zero-order valence-corrected chi connectivity index (χ0v) is 15.1. The minimum Gasteiger partial charge on any atom is -0.314 e. The first-order valence-electron chi connectivity index (χ1n) is 7.28. The standard InChI is InChI=1S/C17H19ClN2O3S/c1-19(16-6-4-3-5-7-16)17(21)13-20(24(2,22)23)12-14-8-10-15(18)11-9-14/h3-11H,12-13H2,1-2H3. The number of hydrogen-bond acceptors (Lipinski definition) is 3. The average molecular weight is 367 g/mol. The van der Waals surface area contributed by atoms with E-state index in [-0.39, 0.29) is 19.0 Å². The van der Waals surface area contributed by atoms with Crippen molar-refractivity contribution in [1.29, 1.82) is 0 Å². The summed E-state index contributed by atoms with van der Waals surface area (Å²) in [5, 5.41) is 0.574. The second-order valence-corrected chi connectivity index (χ2v) is 7.86. The van der Waals surface area contributed by atoms with E-state index in [0.29, 0.717) is 10.7 Å². The minimum atomic E-state index is -3.53. The number of carbonyl (C=O) groups is 1. The van der Waals surface area contributed by atoms with Gasteiger partial charge in [0.1, 0.15) is 0 Å². The molecule has 2 rings (SSSR count). The van der Waals surface area contributed by atoms with E-state index in [1.54, 1.807) is 43.4 Å². The fraction of sp³-hybridized carbons (Fsp3) is 0.235. The van der Waals surface area contributed by atoms with E-state index < -0.39 is 10.0 Å². The number of sulfonamides is 1. The number of anilines is 1. The van der Waals surface area contributed by atoms with Crippen LogP contribution in [0.5, 0.6) is 0 Å². The van der Waals surface area contributed by atoms with Gasteiger partial charge in [-0.15, -0.1) is 0 Å². The Balaban J connectivity index is 2.14. The van der Waals surface area contributed by atoms with Gasteiger partial charge in [-0.25, -0.2) is 8.42 Å². The zero-order valence-electron chi connectivity index (χ0n) is 13.5. The lowest BCUT2D eigenvalue weighted by Crippen LogP contribution is -2.40. The number of para-hydroxylation sites is 1. The second kappa shape index (κ2) is 7.79. The quantitative estimate of drug-likeness (QED) is 0.789. The van der Waals surface area contributed by atoms with E-state index in [1.807, 2.05) is 18.2 Å². The molecule has 0 unspecified atom stereocenters. The van der Waals surface area contributed by atoms with E-state index in [1.165, 1.54) is 4.90 Å². The van der Waals surface area contributed by atoms with Crippen LogP contribution in [0.3, 0.4) is 0 Å². The van der Waals surface area contributed by atoms with Crippen LogP contribution in [0.15, 0.2) is 54.6 Å². The van der Waals surface area contributed by atoms with Gasteiger partial charge in [-0.05, 0) is 29.8 Å². The molecule has 0 aliphatic heterocycles. The lowest BCUT2D eigenvalue weighted by Gasteiger charge is -2.23. The highest BCUT2D eigenvalue weighted by molar-refractivity contribution is 7.88. The molecular formula is C17H19ClN2O3S. The van der Waals surface area contributed by atoms with Gasteiger partial charge in [0.15, 0.2) is 0 Å². The number of nitrogens with zero attached hydrogens (tertiary/aromatic N) is 2. The third kappa shape index (κ3) is 5.06. The number of amides is 1. The molecule has 0 saturated heterocycles. The van der Waals surface area contributed by atoms with E-state index in [9.17, 15) is 13.2 Å². The predicted molar refractivity (Wildman–Crippen MR) is 96.6 cm³/mol. The minimum absolute atomic E-state index is 0.115. The van der Waals surface area contributed by atoms with Crippen molar-refractivity contribution in [2.75, 3.05) is 24.7 Å². The predicted octanol–water partition coefficient (Wildman–Crippen LogP) is 2.76. The third-order valence-electron chi connectivity index (χ3n) is 3.57. The van der Waals surface area contributed by atoms with Crippen molar-refractivity contribution >= 4 is 33.2 Å². The number of carbonyl (C=O) groups excluding carboxylic acids is 1. The van der Waals surface area contributed by atoms with Crippen molar-refractivity contribution in [2.45, 2.75) is 6.54 Å². The molecule has 0 aromatic heterocycles. The second-order valence-electron chi connectivity index (χ2n) is 5.45. The average Bonchev–Trinajstić information content (AvgIpc) is 2.55. The van der Waals surface area contributed by atoms with Crippen molar-refractivity contribution in [3.8, 4) is 0 Å². The molecule has 0 aliphatic rings. The number of rotatable bonds is 6. The molecule has 24 heavy (non-hydrogen) atoms. The van der Waals surface area contributed by atoms with Crippen LogP contribution in [0.25, 0.3) is 0 Å². The lowest BCUT2D eigenvalue weighted by atomic mass is 10.2. The van der Waals surface area contributed by atoms with Crippen molar-refractivity contribution in [1.82, 2.24) is 4.31 Å². The maximum atomic E-state index is 12.4. The highest BCUT2D eigenvalue weighted by Crippen LogP contribution is 2.15. The Hall–Kier alpha value is -1.89. The first kappa shape index (κ1) is 18.4. The van der Waals surface area contributed by atoms with Crippen LogP contribution in [0.4, 0.5) is 5.69 Å². The Kier molecular flexibility index (Phi) is 5.99. The van der Waals surface area contributed by atoms with Gasteiger partial charge in [-0.3, -0.25) is 4.79 Å². The SMILES string of the molecule is CN(C(=O)CN(Cc1ccc(Cl)cc1)S(C)(=O)=O)c1ccccc1. The van der Waals surface area contributed by atoms with Crippen LogP contribution in [0.2, 0.25) is 5.02 Å². The van der Waals surface area contributed by atoms with Crippen LogP contribution in [0, 0.1) is 0 Å². The molecule has 5 nitrogen and oxygen atoms in total. The Morgan fingerprint density at radius 2 is 1.62 bits per heavy atom. The van der Waals surface area contributed by atoms with Gasteiger partial charge in [-0.1, -0.05) is 41.9 Å². The molecule has 0 spiro atoms. The van der Waals surface area contributed by atoms with Crippen molar-refractivity contribution in [3.63, 3.8) is 0 Å². The van der Waals surface area contributed by atoms with Crippen molar-refractivity contribution in [2.24, 2.45) is 0 Å². The number of likely N-dealkylation sites (N-methyl/N-ethyl adjacent to an activating group) is 1. The summed E-state index contributed by atoms with van der Waals surface area (Å²) in [7, 11) is -1.91. The van der Waals surface area contributed by atoms with Crippen LogP contribution >= 0.6 is 11.6 Å². The molecule has 0 aliphatic carbocycles. The fourth-order valence-electron chi connectivity index (χ4n) is 2.14. The molecule has 0 N–H and O–H groups in total. The summed E-state index contributed by atoms with van der Waals surface area (Å²) in [4.78, 5) is 13.9. The van der Waals surface area contributed by atoms with Gasteiger partial charge >= 0.3 is 0 Å². The normalized spacial score (nSPS) is 11.5. The summed E-state index contributed by atoms with van der Waals surface area (Å²) in [6.07, 6.45) is 1.10. The number of benzene rings is 2. The van der Waals surface area contributed by atoms with Crippen LogP contribution < -0.4 is 4.90 Å². The molecule has 0 atom stereocenters. The first-order valence-corrected chi connectivity index (χ1v) is 9.51. The van der Waals surface area contributed by atoms with Gasteiger partial charge in [0, 0.05) is 24.3 Å². The molecule has 2 aromatic carbocycles. The first-order chi connectivity index (χ1) is 11.3. The van der Waals surface area contributed by atoms with E-state index in [2.05, 4.69) is 0 Å². The maximum Gasteiger partial charge on any atom is 0.242 e. The molecule has 0 radical (unpaired) electrons. The van der Waals surface area contributed by atoms with Crippen molar-refractivity contribution in [3.05, 3.63) is 65.2 Å². The third-order valence-corrected chi connectivity index (χ3v) is 5.02. The molecule has 7 heteroatoms. The Bertz CT molecular complexity index is 792. The van der Waals surface area contributed by atoms with E-state index in [4.69, 9.17) is 11.6 Å². The highest BCUT2D eigenvalue weighted by Gasteiger charge is 2.23. The molecule has 0 bridgehead atoms. The monoisotopic (exact) mass is 366 g/mol. The molecule has 0 heterocycles. The summed E-state index contributed by atoms with van der Waals surface area (Å²) in [6.45, 7) is -0.114. The Morgan fingerprint density at radius 1 is 1.04 bits per heavy atom. The summed E-state index contributed by atoms with van der Waals surface area (Å²) >= 11 is 5.84. The molecule has 1 amide bonds. The molecule has 0 saturated carbocycles. The smallest absolute Gasteiger partial charge is 0.242 e. The maximum absolute atomic E-state index is 12.4. The topological polar surface area (TPSA) is 57.7 Å². The summed E-state index contributed by atoms with van der Waals surface area (Å²) in [5.74, 6) is -0.305. The summed E-state index contributed by atoms with van der Waals surface area (Å²) in [5.41, 5.74) is 1.47. The molecule has 2 aromatic rings. The highest BCUT2D eigenvalue weighted by atomic mass is 35.5. The zero-order chi connectivity index (χ0) is 17.7. The van der Waals surface area contributed by atoms with E-state index in [0.717, 1.165) is 16.1 Å². The van der Waals surface area contributed by atoms with Gasteiger partial charge in [0.05, 0.1) is 12.8 Å². The summed E-state index contributed by atoms with van der Waals surface area (Å²) in [6, 6.07) is 15.9. The van der Waals surface area contributed by atoms with Crippen LogP contribution in [0.1, 0.15) is 5.56 Å². The molecule has 128 valence electrons.